The third-order valence-electron chi connectivity index (χ3n) is 4.60. The van der Waals surface area contributed by atoms with Crippen LogP contribution in [0.1, 0.15) is 51.9 Å². The van der Waals surface area contributed by atoms with E-state index >= 15 is 0 Å². The number of nitrogens with one attached hydrogen (secondary N) is 2. The first kappa shape index (κ1) is 15.8. The topological polar surface area (TPSA) is 44.4 Å². The van der Waals surface area contributed by atoms with E-state index in [0.717, 1.165) is 38.5 Å². The van der Waals surface area contributed by atoms with Crippen molar-refractivity contribution in [3.8, 4) is 0 Å². The fourth-order valence-electron chi connectivity index (χ4n) is 3.53. The van der Waals surface area contributed by atoms with Crippen LogP contribution in [0, 0.1) is 5.92 Å². The van der Waals surface area contributed by atoms with Crippen molar-refractivity contribution in [2.24, 2.45) is 5.92 Å². The summed E-state index contributed by atoms with van der Waals surface area (Å²) < 4.78 is 0. The van der Waals surface area contributed by atoms with Crippen LogP contribution < -0.4 is 10.6 Å². The summed E-state index contributed by atoms with van der Waals surface area (Å²) in [5, 5.41) is 6.62. The van der Waals surface area contributed by atoms with Crippen molar-refractivity contribution < 1.29 is 4.79 Å². The van der Waals surface area contributed by atoms with Gasteiger partial charge >= 0.3 is 0 Å². The molecular weight excluding hydrogens is 250 g/mol. The van der Waals surface area contributed by atoms with Crippen molar-refractivity contribution in [2.75, 3.05) is 32.7 Å². The first-order valence-corrected chi connectivity index (χ1v) is 8.50. The zero-order valence-corrected chi connectivity index (χ0v) is 13.0. The molecule has 2 aliphatic rings. The molecule has 0 atom stereocenters. The van der Waals surface area contributed by atoms with Crippen molar-refractivity contribution in [2.45, 2.75) is 57.9 Å². The SMILES string of the molecule is CCCN(CC(=O)NC1CCCC1)CC1CCNCC1. The van der Waals surface area contributed by atoms with E-state index in [1.165, 1.54) is 38.5 Å². The Morgan fingerprint density at radius 1 is 1.20 bits per heavy atom. The number of hydrogen-bond acceptors (Lipinski definition) is 3. The van der Waals surface area contributed by atoms with E-state index in [-0.39, 0.29) is 5.91 Å². The highest BCUT2D eigenvalue weighted by atomic mass is 16.2. The maximum Gasteiger partial charge on any atom is 0.234 e. The Labute approximate surface area is 123 Å². The van der Waals surface area contributed by atoms with E-state index in [4.69, 9.17) is 0 Å². The zero-order valence-electron chi connectivity index (χ0n) is 13.0. The van der Waals surface area contributed by atoms with E-state index in [1.54, 1.807) is 0 Å². The second-order valence-electron chi connectivity index (χ2n) is 6.48. The van der Waals surface area contributed by atoms with Crippen molar-refractivity contribution >= 4 is 5.91 Å². The van der Waals surface area contributed by atoms with Crippen molar-refractivity contribution in [1.29, 1.82) is 0 Å². The van der Waals surface area contributed by atoms with Crippen LogP contribution >= 0.6 is 0 Å². The molecule has 2 rings (SSSR count). The van der Waals surface area contributed by atoms with Crippen LogP contribution in [0.4, 0.5) is 0 Å². The van der Waals surface area contributed by atoms with Crippen molar-refractivity contribution in [1.82, 2.24) is 15.5 Å². The van der Waals surface area contributed by atoms with Gasteiger partial charge in [0, 0.05) is 12.6 Å². The molecule has 0 unspecified atom stereocenters. The number of carbonyl (C=O) groups is 1. The van der Waals surface area contributed by atoms with Gasteiger partial charge < -0.3 is 10.6 Å². The minimum atomic E-state index is 0.235. The van der Waals surface area contributed by atoms with E-state index in [9.17, 15) is 4.79 Å². The van der Waals surface area contributed by atoms with Crippen LogP contribution in [0.25, 0.3) is 0 Å². The van der Waals surface area contributed by atoms with Gasteiger partial charge in [-0.3, -0.25) is 9.69 Å². The molecular formula is C16H31N3O. The molecule has 1 saturated heterocycles. The van der Waals surface area contributed by atoms with Crippen LogP contribution in [-0.2, 0) is 4.79 Å². The normalized spacial score (nSPS) is 21.5. The molecule has 1 heterocycles. The smallest absolute Gasteiger partial charge is 0.234 e. The molecule has 4 heteroatoms. The molecule has 0 aromatic rings. The van der Waals surface area contributed by atoms with Gasteiger partial charge in [0.25, 0.3) is 0 Å². The van der Waals surface area contributed by atoms with Crippen LogP contribution in [0.3, 0.4) is 0 Å². The quantitative estimate of drug-likeness (QED) is 0.747. The standard InChI is InChI=1S/C16H31N3O/c1-2-11-19(12-14-7-9-17-10-8-14)13-16(20)18-15-5-3-4-6-15/h14-15,17H,2-13H2,1H3,(H,18,20). The molecule has 1 aliphatic heterocycles. The van der Waals surface area contributed by atoms with Gasteiger partial charge in [-0.2, -0.15) is 0 Å². The predicted molar refractivity (Wildman–Crippen MR) is 82.7 cm³/mol. The summed E-state index contributed by atoms with van der Waals surface area (Å²) in [6.07, 6.45) is 8.54. The highest BCUT2D eigenvalue weighted by molar-refractivity contribution is 5.78. The number of nitrogens with zero attached hydrogens (tertiary/aromatic N) is 1. The second-order valence-corrected chi connectivity index (χ2v) is 6.48. The Balaban J connectivity index is 1.73. The molecule has 0 aromatic carbocycles. The molecule has 4 nitrogen and oxygen atoms in total. The van der Waals surface area contributed by atoms with Crippen LogP contribution in [0.15, 0.2) is 0 Å². The zero-order chi connectivity index (χ0) is 14.2. The Morgan fingerprint density at radius 3 is 2.55 bits per heavy atom. The molecule has 20 heavy (non-hydrogen) atoms. The number of amides is 1. The highest BCUT2D eigenvalue weighted by Crippen LogP contribution is 2.18. The van der Waals surface area contributed by atoms with E-state index < -0.39 is 0 Å². The van der Waals surface area contributed by atoms with Crippen LogP contribution in [0.5, 0.6) is 0 Å². The summed E-state index contributed by atoms with van der Waals surface area (Å²) in [5.74, 6) is 1.00. The summed E-state index contributed by atoms with van der Waals surface area (Å²) >= 11 is 0. The third kappa shape index (κ3) is 5.41. The minimum absolute atomic E-state index is 0.235. The Morgan fingerprint density at radius 2 is 1.90 bits per heavy atom. The number of carbonyl (C=O) groups excluding carboxylic acids is 1. The van der Waals surface area contributed by atoms with E-state index in [0.29, 0.717) is 12.6 Å². The Bertz CT molecular complexity index is 283. The fourth-order valence-corrected chi connectivity index (χ4v) is 3.53. The molecule has 2 fully saturated rings. The van der Waals surface area contributed by atoms with Gasteiger partial charge in [-0.15, -0.1) is 0 Å². The van der Waals surface area contributed by atoms with Gasteiger partial charge in [-0.05, 0) is 57.7 Å². The lowest BCUT2D eigenvalue weighted by molar-refractivity contribution is -0.123. The highest BCUT2D eigenvalue weighted by Gasteiger charge is 2.21. The third-order valence-corrected chi connectivity index (χ3v) is 4.60. The van der Waals surface area contributed by atoms with Gasteiger partial charge in [0.1, 0.15) is 0 Å². The molecule has 1 saturated carbocycles. The lowest BCUT2D eigenvalue weighted by Gasteiger charge is -2.29. The monoisotopic (exact) mass is 281 g/mol. The largest absolute Gasteiger partial charge is 0.352 e. The van der Waals surface area contributed by atoms with E-state index in [1.807, 2.05) is 0 Å². The molecule has 116 valence electrons. The van der Waals surface area contributed by atoms with Gasteiger partial charge in [0.15, 0.2) is 0 Å². The maximum absolute atomic E-state index is 12.2. The van der Waals surface area contributed by atoms with Gasteiger partial charge in [-0.1, -0.05) is 19.8 Å². The number of hydrogen-bond donors (Lipinski definition) is 2. The second kappa shape index (κ2) is 8.63. The summed E-state index contributed by atoms with van der Waals surface area (Å²) in [5.41, 5.74) is 0. The van der Waals surface area contributed by atoms with Crippen molar-refractivity contribution in [3.63, 3.8) is 0 Å². The molecule has 0 spiro atoms. The van der Waals surface area contributed by atoms with Crippen LogP contribution in [0.2, 0.25) is 0 Å². The molecule has 0 aromatic heterocycles. The number of rotatable bonds is 7. The molecule has 1 amide bonds. The van der Waals surface area contributed by atoms with Gasteiger partial charge in [0.2, 0.25) is 5.91 Å². The van der Waals surface area contributed by atoms with Gasteiger partial charge in [0.05, 0.1) is 6.54 Å². The first-order chi connectivity index (χ1) is 9.78. The maximum atomic E-state index is 12.2. The van der Waals surface area contributed by atoms with E-state index in [2.05, 4.69) is 22.5 Å². The Hall–Kier alpha value is -0.610. The number of piperidine rings is 1. The Kier molecular flexibility index (Phi) is 6.80. The molecule has 0 radical (unpaired) electrons. The molecule has 1 aliphatic carbocycles. The average Bonchev–Trinajstić information content (AvgIpc) is 2.93. The summed E-state index contributed by atoms with van der Waals surface area (Å²) in [7, 11) is 0. The fraction of sp³-hybridized carbons (Fsp3) is 0.938. The van der Waals surface area contributed by atoms with Crippen molar-refractivity contribution in [3.05, 3.63) is 0 Å². The summed E-state index contributed by atoms with van der Waals surface area (Å²) in [6, 6.07) is 0.449. The predicted octanol–water partition coefficient (Wildman–Crippen LogP) is 1.76. The first-order valence-electron chi connectivity index (χ1n) is 8.50. The minimum Gasteiger partial charge on any atom is -0.352 e. The van der Waals surface area contributed by atoms with Crippen LogP contribution in [-0.4, -0.2) is 49.6 Å². The molecule has 2 N–H and O–H groups in total. The molecule has 0 bridgehead atoms. The summed E-state index contributed by atoms with van der Waals surface area (Å²) in [6.45, 7) is 7.20. The average molecular weight is 281 g/mol. The summed E-state index contributed by atoms with van der Waals surface area (Å²) in [4.78, 5) is 14.5. The lowest BCUT2D eigenvalue weighted by Crippen LogP contribution is -2.44. The lowest BCUT2D eigenvalue weighted by atomic mass is 9.97. The van der Waals surface area contributed by atoms with Gasteiger partial charge in [-0.25, -0.2) is 0 Å².